The first-order valence-electron chi connectivity index (χ1n) is 5.16. The largest absolute Gasteiger partial charge is 0.389 e. The van der Waals surface area contributed by atoms with Crippen molar-refractivity contribution in [3.63, 3.8) is 0 Å². The molecule has 0 atom stereocenters. The molecule has 1 heterocycles. The maximum absolute atomic E-state index is 11.8. The molecule has 5 heteroatoms. The molecule has 0 aromatic heterocycles. The predicted octanol–water partition coefficient (Wildman–Crippen LogP) is 2.71. The number of Topliss-reactive ketones (excluding diaryl/α,β-unsaturated/α-hetero) is 1. The van der Waals surface area contributed by atoms with Gasteiger partial charge in [0.15, 0.2) is 0 Å². The van der Waals surface area contributed by atoms with Crippen LogP contribution in [0, 0.1) is 5.92 Å². The molecule has 1 aliphatic heterocycles. The minimum Gasteiger partial charge on any atom is -0.381 e. The Balaban J connectivity index is 2.17. The van der Waals surface area contributed by atoms with Gasteiger partial charge in [0.25, 0.3) is 0 Å². The van der Waals surface area contributed by atoms with E-state index in [1.807, 2.05) is 0 Å². The Bertz CT molecular complexity index is 207. The molecule has 0 saturated carbocycles. The van der Waals surface area contributed by atoms with Crippen LogP contribution < -0.4 is 0 Å². The van der Waals surface area contributed by atoms with Crippen molar-refractivity contribution < 1.29 is 22.7 Å². The van der Waals surface area contributed by atoms with Gasteiger partial charge in [0, 0.05) is 32.0 Å². The van der Waals surface area contributed by atoms with Gasteiger partial charge in [-0.25, -0.2) is 0 Å². The van der Waals surface area contributed by atoms with E-state index in [1.165, 1.54) is 0 Å². The average molecular weight is 224 g/mol. The number of hydrogen-bond donors (Lipinski definition) is 0. The van der Waals surface area contributed by atoms with E-state index in [4.69, 9.17) is 4.74 Å². The summed E-state index contributed by atoms with van der Waals surface area (Å²) in [7, 11) is 0. The Morgan fingerprint density at radius 3 is 2.40 bits per heavy atom. The summed E-state index contributed by atoms with van der Waals surface area (Å²) >= 11 is 0. The molecule has 0 aliphatic carbocycles. The smallest absolute Gasteiger partial charge is 0.381 e. The number of halogens is 3. The van der Waals surface area contributed by atoms with E-state index in [2.05, 4.69) is 0 Å². The van der Waals surface area contributed by atoms with Gasteiger partial charge in [-0.3, -0.25) is 4.79 Å². The maximum Gasteiger partial charge on any atom is 0.389 e. The molecule has 0 radical (unpaired) electrons. The standard InChI is InChI=1S/C10H15F3O2/c11-10(12,13)5-1-2-9(14)8-3-6-15-7-4-8/h8H,1-7H2. The van der Waals surface area contributed by atoms with Crippen LogP contribution in [0.3, 0.4) is 0 Å². The fourth-order valence-corrected chi connectivity index (χ4v) is 1.69. The van der Waals surface area contributed by atoms with Crippen LogP contribution in [0.2, 0.25) is 0 Å². The van der Waals surface area contributed by atoms with Crippen molar-refractivity contribution in [3.8, 4) is 0 Å². The first-order chi connectivity index (χ1) is 6.99. The van der Waals surface area contributed by atoms with E-state index in [-0.39, 0.29) is 24.5 Å². The highest BCUT2D eigenvalue weighted by Crippen LogP contribution is 2.24. The highest BCUT2D eigenvalue weighted by molar-refractivity contribution is 5.81. The van der Waals surface area contributed by atoms with Gasteiger partial charge in [0.2, 0.25) is 0 Å². The molecule has 1 saturated heterocycles. The molecule has 1 fully saturated rings. The molecule has 15 heavy (non-hydrogen) atoms. The van der Waals surface area contributed by atoms with E-state index in [0.717, 1.165) is 0 Å². The van der Waals surface area contributed by atoms with E-state index in [9.17, 15) is 18.0 Å². The normalized spacial score (nSPS) is 19.1. The quantitative estimate of drug-likeness (QED) is 0.733. The van der Waals surface area contributed by atoms with Crippen LogP contribution in [0.15, 0.2) is 0 Å². The average Bonchev–Trinajstić information content (AvgIpc) is 2.17. The molecule has 0 aromatic carbocycles. The van der Waals surface area contributed by atoms with Gasteiger partial charge in [0.05, 0.1) is 0 Å². The second kappa shape index (κ2) is 5.49. The van der Waals surface area contributed by atoms with Gasteiger partial charge in [-0.15, -0.1) is 0 Å². The van der Waals surface area contributed by atoms with Crippen LogP contribution >= 0.6 is 0 Å². The summed E-state index contributed by atoms with van der Waals surface area (Å²) in [6.45, 7) is 1.10. The first-order valence-corrected chi connectivity index (χ1v) is 5.16. The van der Waals surface area contributed by atoms with Gasteiger partial charge in [0.1, 0.15) is 5.78 Å². The molecule has 0 unspecified atom stereocenters. The zero-order chi connectivity index (χ0) is 11.3. The Morgan fingerprint density at radius 2 is 1.87 bits per heavy atom. The molecule has 1 aliphatic rings. The molecule has 0 bridgehead atoms. The lowest BCUT2D eigenvalue weighted by atomic mass is 9.92. The summed E-state index contributed by atoms with van der Waals surface area (Å²) in [6, 6.07) is 0. The number of rotatable bonds is 4. The SMILES string of the molecule is O=C(CCCC(F)(F)F)C1CCOCC1. The summed E-state index contributed by atoms with van der Waals surface area (Å²) in [5.41, 5.74) is 0. The van der Waals surface area contributed by atoms with Crippen molar-refractivity contribution in [2.45, 2.75) is 38.3 Å². The van der Waals surface area contributed by atoms with E-state index >= 15 is 0 Å². The van der Waals surface area contributed by atoms with Crippen LogP contribution in [0.1, 0.15) is 32.1 Å². The Morgan fingerprint density at radius 1 is 1.27 bits per heavy atom. The highest BCUT2D eigenvalue weighted by Gasteiger charge is 2.28. The van der Waals surface area contributed by atoms with E-state index in [1.54, 1.807) is 0 Å². The van der Waals surface area contributed by atoms with Crippen LogP contribution in [0.4, 0.5) is 13.2 Å². The van der Waals surface area contributed by atoms with Crippen molar-refractivity contribution in [2.24, 2.45) is 5.92 Å². The molecule has 0 N–H and O–H groups in total. The lowest BCUT2D eigenvalue weighted by molar-refractivity contribution is -0.138. The van der Waals surface area contributed by atoms with Crippen molar-refractivity contribution in [2.75, 3.05) is 13.2 Å². The summed E-state index contributed by atoms with van der Waals surface area (Å²) < 4.78 is 40.5. The Labute approximate surface area is 86.8 Å². The second-order valence-corrected chi connectivity index (χ2v) is 3.82. The summed E-state index contributed by atoms with van der Waals surface area (Å²) in [5, 5.41) is 0. The number of ketones is 1. The number of alkyl halides is 3. The van der Waals surface area contributed by atoms with Crippen molar-refractivity contribution in [1.82, 2.24) is 0 Å². The molecule has 2 nitrogen and oxygen atoms in total. The Hall–Kier alpha value is -0.580. The third-order valence-corrected chi connectivity index (χ3v) is 2.56. The molecule has 0 spiro atoms. The monoisotopic (exact) mass is 224 g/mol. The van der Waals surface area contributed by atoms with Crippen molar-refractivity contribution >= 4 is 5.78 Å². The molecule has 1 rings (SSSR count). The van der Waals surface area contributed by atoms with Gasteiger partial charge < -0.3 is 4.74 Å². The number of ether oxygens (including phenoxy) is 1. The van der Waals surface area contributed by atoms with E-state index < -0.39 is 12.6 Å². The maximum atomic E-state index is 11.8. The third kappa shape index (κ3) is 5.16. The molecular formula is C10H15F3O2. The lowest BCUT2D eigenvalue weighted by Crippen LogP contribution is -2.23. The van der Waals surface area contributed by atoms with Crippen LogP contribution in [0.5, 0.6) is 0 Å². The van der Waals surface area contributed by atoms with Crippen LogP contribution in [-0.4, -0.2) is 25.2 Å². The summed E-state index contributed by atoms with van der Waals surface area (Å²) in [4.78, 5) is 11.5. The minimum atomic E-state index is -4.14. The van der Waals surface area contributed by atoms with Gasteiger partial charge in [-0.1, -0.05) is 0 Å². The lowest BCUT2D eigenvalue weighted by Gasteiger charge is -2.20. The fraction of sp³-hybridized carbons (Fsp3) is 0.900. The van der Waals surface area contributed by atoms with Gasteiger partial charge >= 0.3 is 6.18 Å². The fourth-order valence-electron chi connectivity index (χ4n) is 1.69. The summed E-state index contributed by atoms with van der Waals surface area (Å²) in [6.07, 6.45) is -3.72. The van der Waals surface area contributed by atoms with Crippen LogP contribution in [0.25, 0.3) is 0 Å². The third-order valence-electron chi connectivity index (χ3n) is 2.56. The molecule has 88 valence electrons. The highest BCUT2D eigenvalue weighted by atomic mass is 19.4. The summed E-state index contributed by atoms with van der Waals surface area (Å²) in [5.74, 6) is -0.116. The number of carbonyl (C=O) groups is 1. The predicted molar refractivity (Wildman–Crippen MR) is 48.5 cm³/mol. The molecule has 0 aromatic rings. The first kappa shape index (κ1) is 12.5. The molecule has 0 amide bonds. The van der Waals surface area contributed by atoms with Crippen molar-refractivity contribution in [1.29, 1.82) is 0 Å². The number of carbonyl (C=O) groups excluding carboxylic acids is 1. The zero-order valence-corrected chi connectivity index (χ0v) is 8.48. The van der Waals surface area contributed by atoms with Crippen LogP contribution in [-0.2, 0) is 9.53 Å². The van der Waals surface area contributed by atoms with Gasteiger partial charge in [-0.05, 0) is 19.3 Å². The van der Waals surface area contributed by atoms with Crippen molar-refractivity contribution in [3.05, 3.63) is 0 Å². The second-order valence-electron chi connectivity index (χ2n) is 3.82. The van der Waals surface area contributed by atoms with E-state index in [0.29, 0.717) is 26.1 Å². The molecular weight excluding hydrogens is 209 g/mol. The number of hydrogen-bond acceptors (Lipinski definition) is 2. The van der Waals surface area contributed by atoms with Gasteiger partial charge in [-0.2, -0.15) is 13.2 Å². The Kier molecular flexibility index (Phi) is 4.57. The topological polar surface area (TPSA) is 26.3 Å². The minimum absolute atomic E-state index is 0.0393. The zero-order valence-electron chi connectivity index (χ0n) is 8.48.